The molecule has 2 aliphatic heterocycles. The minimum Gasteiger partial charge on any atom is -0.666 e. The second-order valence-electron chi connectivity index (χ2n) is 18.2. The number of carbonyl (C=O) groups excluding carboxylic acids is 5. The number of hydrogen-bond acceptors (Lipinski definition) is 10. The minimum atomic E-state index is -0.903. The Labute approximate surface area is 405 Å². The number of likely N-dealkylation sites (N-methyl/N-ethyl adjacent to an activating group) is 1. The van der Waals surface area contributed by atoms with Gasteiger partial charge in [0.25, 0.3) is 0 Å². The molecule has 0 aliphatic carbocycles. The third kappa shape index (κ3) is 12.4. The smallest absolute Gasteiger partial charge is 0.666 e. The molecule has 2 saturated heterocycles. The van der Waals surface area contributed by atoms with Gasteiger partial charge in [-0.25, -0.2) is 0 Å². The Hall–Kier alpha value is -5.61. The largest absolute Gasteiger partial charge is 3.00 e. The van der Waals surface area contributed by atoms with Crippen molar-refractivity contribution < 1.29 is 64.9 Å². The van der Waals surface area contributed by atoms with Gasteiger partial charge in [-0.15, -0.1) is 12.5 Å². The van der Waals surface area contributed by atoms with Gasteiger partial charge in [0.2, 0.25) is 11.8 Å². The van der Waals surface area contributed by atoms with E-state index in [0.29, 0.717) is 50.9 Å². The fourth-order valence-electron chi connectivity index (χ4n) is 8.54. The van der Waals surface area contributed by atoms with Gasteiger partial charge in [-0.05, 0) is 93.0 Å². The molecule has 1 radical (unpaired) electrons. The normalized spacial score (nSPS) is 16.7. The number of hydrazine groups is 1. The van der Waals surface area contributed by atoms with Crippen LogP contribution in [0.3, 0.4) is 0 Å². The van der Waals surface area contributed by atoms with E-state index in [9.17, 15) is 34.3 Å². The zero-order valence-corrected chi connectivity index (χ0v) is 42.5. The Morgan fingerprint density at radius 2 is 1.83 bits per heavy atom. The van der Waals surface area contributed by atoms with E-state index in [2.05, 4.69) is 40.6 Å². The van der Waals surface area contributed by atoms with Crippen LogP contribution in [0.15, 0.2) is 73.6 Å². The molecule has 3 atom stereocenters. The number of esters is 1. The molecule has 6 rings (SSSR count). The summed E-state index contributed by atoms with van der Waals surface area (Å²) in [7, 11) is 1.55. The number of aromatic nitrogens is 2. The summed E-state index contributed by atoms with van der Waals surface area (Å²) in [6.07, 6.45) is 8.90. The SMILES string of the molecule is C=CC(=O)N1CC[C@H](C(=O)N(C)[C@H](C([NH-])=O)C(C)C)C1.[CH2-]c1cc(O)cc(-c2ccc3c(c2)c(CC(C)(C)COC(=O)[C@@H]2CCCN([C-]=O)N2)c(-c2cccnc2)n3C(C)(C)C#N)c1.[U+3]. The quantitative estimate of drug-likeness (QED) is 0.0773. The Morgan fingerprint density at radius 1 is 1.11 bits per heavy atom. The monoisotopic (exact) mass is 1110 g/mol. The Kier molecular flexibility index (Phi) is 17.6. The first-order chi connectivity index (χ1) is 30.2. The van der Waals surface area contributed by atoms with Gasteiger partial charge in [-0.1, -0.05) is 45.9 Å². The summed E-state index contributed by atoms with van der Waals surface area (Å²) in [5, 5.41) is 22.8. The first kappa shape index (κ1) is 52.0. The number of ether oxygens (including phenoxy) is 1. The van der Waals surface area contributed by atoms with Crippen molar-refractivity contribution in [3.05, 3.63) is 97.4 Å². The summed E-state index contributed by atoms with van der Waals surface area (Å²) >= 11 is 0. The number of amides is 4. The molecule has 65 heavy (non-hydrogen) atoms. The predicted molar refractivity (Wildman–Crippen MR) is 244 cm³/mol. The number of aromatic hydroxyl groups is 1. The maximum Gasteiger partial charge on any atom is 3.00 e. The molecule has 2 aromatic heterocycles. The summed E-state index contributed by atoms with van der Waals surface area (Å²) in [5.74, 6) is -1.80. The van der Waals surface area contributed by atoms with Crippen LogP contribution in [0, 0.1) is 66.6 Å². The van der Waals surface area contributed by atoms with Crippen molar-refractivity contribution in [3.63, 3.8) is 0 Å². The van der Waals surface area contributed by atoms with Crippen molar-refractivity contribution in [2.75, 3.05) is 33.3 Å². The van der Waals surface area contributed by atoms with Crippen molar-refractivity contribution >= 4 is 41.0 Å². The average molecular weight is 1110 g/mol. The van der Waals surface area contributed by atoms with Gasteiger partial charge in [0.05, 0.1) is 47.5 Å². The number of nitriles is 1. The van der Waals surface area contributed by atoms with Crippen LogP contribution in [0.1, 0.15) is 71.9 Å². The van der Waals surface area contributed by atoms with Gasteiger partial charge in [-0.3, -0.25) is 24.8 Å². The van der Waals surface area contributed by atoms with Crippen molar-refractivity contribution in [2.24, 2.45) is 17.3 Å². The van der Waals surface area contributed by atoms with Crippen LogP contribution < -0.4 is 5.43 Å². The van der Waals surface area contributed by atoms with Gasteiger partial charge in [0.1, 0.15) is 11.6 Å². The molecule has 0 unspecified atom stereocenters. The predicted octanol–water partition coefficient (Wildman–Crippen LogP) is 6.75. The number of fused-ring (bicyclic) bond motifs is 1. The molecule has 3 N–H and O–H groups in total. The molecule has 0 bridgehead atoms. The molecule has 2 fully saturated rings. The number of carbonyl (C=O) groups is 4. The fraction of sp³-hybridized carbons (Fsp3) is 0.429. The van der Waals surface area contributed by atoms with Crippen LogP contribution in [0.4, 0.5) is 0 Å². The average Bonchev–Trinajstić information content (AvgIpc) is 3.88. The zero-order valence-electron chi connectivity index (χ0n) is 38.3. The zero-order chi connectivity index (χ0) is 47.1. The van der Waals surface area contributed by atoms with E-state index in [1.165, 1.54) is 16.0 Å². The summed E-state index contributed by atoms with van der Waals surface area (Å²) in [6, 6.07) is 16.3. The Bertz CT molecular complexity index is 2410. The van der Waals surface area contributed by atoms with Crippen molar-refractivity contribution in [3.8, 4) is 34.2 Å². The molecule has 4 heterocycles. The summed E-state index contributed by atoms with van der Waals surface area (Å²) in [4.78, 5) is 66.6. The molecule has 4 aromatic rings. The van der Waals surface area contributed by atoms with Crippen molar-refractivity contribution in [1.82, 2.24) is 29.8 Å². The number of likely N-dealkylation sites (tertiary alicyclic amines) is 1. The van der Waals surface area contributed by atoms with E-state index in [-0.39, 0.29) is 67.1 Å². The van der Waals surface area contributed by atoms with Gasteiger partial charge in [0.15, 0.2) is 0 Å². The standard InChI is InChI=1S/C35H37N5O4.C14H23N3O3.U/c1-23-14-26(16-27(42)15-23)24-10-11-31-28(17-24)29(32(25-8-6-12-37-19-25)40(31)35(4,5)20-36)18-34(2,3)21-44-33(43)30-9-7-13-39(22-41)38-30;1-5-11(18)17-7-6-10(8-17)14(20)16(4)12(9(2)3)13(15)19;/h6,8,10-12,14-17,19,30,38,42H,1,7,9,13,18,21H2,2-5H3;5,9-10,12H,1,6-8H2,2-4H3,(H2,15,19);/q-2;;+3/p-1/t30-;10-,12-;/m00./s1. The number of benzene rings is 2. The van der Waals surface area contributed by atoms with Crippen LogP contribution in [0.2, 0.25) is 0 Å². The number of nitrogens with zero attached hydrogens (tertiary/aromatic N) is 6. The van der Waals surface area contributed by atoms with Crippen LogP contribution in [0.25, 0.3) is 39.0 Å². The number of hydrogen-bond donors (Lipinski definition) is 2. The summed E-state index contributed by atoms with van der Waals surface area (Å²) < 4.78 is 7.88. The van der Waals surface area contributed by atoms with Gasteiger partial charge < -0.3 is 44.5 Å². The van der Waals surface area contributed by atoms with E-state index in [4.69, 9.17) is 10.5 Å². The second-order valence-corrected chi connectivity index (χ2v) is 18.2. The van der Waals surface area contributed by atoms with E-state index in [1.807, 2.05) is 71.9 Å². The topological polar surface area (TPSA) is 202 Å². The maximum absolute atomic E-state index is 13.0. The molecule has 4 amide bonds. The van der Waals surface area contributed by atoms with Crippen LogP contribution in [-0.4, -0.2) is 105 Å². The molecule has 2 aromatic carbocycles. The summed E-state index contributed by atoms with van der Waals surface area (Å²) in [5.41, 5.74) is 14.8. The Balaban J connectivity index is 0.000000371. The molecular formula is C49H59N8O7U. The third-order valence-electron chi connectivity index (χ3n) is 11.7. The van der Waals surface area contributed by atoms with Crippen molar-refractivity contribution in [2.45, 2.75) is 84.8 Å². The van der Waals surface area contributed by atoms with E-state index < -0.39 is 34.9 Å². The maximum atomic E-state index is 13.0. The van der Waals surface area contributed by atoms with E-state index in [0.717, 1.165) is 38.9 Å². The van der Waals surface area contributed by atoms with Crippen LogP contribution in [-0.2, 0) is 40.7 Å². The molecule has 2 aliphatic rings. The van der Waals surface area contributed by atoms with Gasteiger partial charge in [0, 0.05) is 55.4 Å². The number of nitrogens with one attached hydrogen (secondary N) is 2. The minimum absolute atomic E-state index is 0. The molecule has 0 spiro atoms. The third-order valence-corrected chi connectivity index (χ3v) is 11.7. The molecular weight excluding hydrogens is 1050 g/mol. The number of phenolic OH excluding ortho intramolecular Hbond substituents is 1. The molecule has 15 nitrogen and oxygen atoms in total. The molecule has 16 heteroatoms. The summed E-state index contributed by atoms with van der Waals surface area (Å²) in [6.45, 7) is 20.4. The Morgan fingerprint density at radius 3 is 2.43 bits per heavy atom. The molecule has 0 saturated carbocycles. The first-order valence-corrected chi connectivity index (χ1v) is 21.4. The van der Waals surface area contributed by atoms with Crippen LogP contribution >= 0.6 is 0 Å². The number of pyridine rings is 1. The number of phenols is 1. The second kappa shape index (κ2) is 22.1. The van der Waals surface area contributed by atoms with E-state index in [1.54, 1.807) is 42.9 Å². The first-order valence-electron chi connectivity index (χ1n) is 21.4. The number of rotatable bonds is 14. The van der Waals surface area contributed by atoms with Gasteiger partial charge >= 0.3 is 37.1 Å². The van der Waals surface area contributed by atoms with Crippen LogP contribution in [0.5, 0.6) is 5.75 Å². The van der Waals surface area contributed by atoms with E-state index >= 15 is 0 Å². The van der Waals surface area contributed by atoms with Crippen molar-refractivity contribution in [1.29, 1.82) is 5.26 Å². The fourth-order valence-corrected chi connectivity index (χ4v) is 8.54. The van der Waals surface area contributed by atoms with Gasteiger partial charge in [-0.2, -0.15) is 23.8 Å². The molecule has 341 valence electrons.